The smallest absolute Gasteiger partial charge is 0.429 e. The summed E-state index contributed by atoms with van der Waals surface area (Å²) >= 11 is 0. The zero-order valence-electron chi connectivity index (χ0n) is 23.5. The molecule has 2 fully saturated rings. The van der Waals surface area contributed by atoms with Crippen molar-refractivity contribution in [2.75, 3.05) is 0 Å². The highest BCUT2D eigenvalue weighted by atomic mass is 19.4. The minimum absolute atomic E-state index is 0.248. The van der Waals surface area contributed by atoms with E-state index in [1.165, 1.54) is 89.2 Å². The third-order valence-electron chi connectivity index (χ3n) is 9.03. The molecule has 2 aliphatic rings. The van der Waals surface area contributed by atoms with E-state index in [1.54, 1.807) is 12.1 Å². The minimum Gasteiger partial charge on any atom is -0.429 e. The second-order valence-corrected chi connectivity index (χ2v) is 11.9. The quantitative estimate of drug-likeness (QED) is 0.188. The molecule has 2 aromatic carbocycles. The first-order chi connectivity index (χ1) is 19.1. The number of halogens is 5. The van der Waals surface area contributed by atoms with Gasteiger partial charge in [0.2, 0.25) is 0 Å². The first-order valence-corrected chi connectivity index (χ1v) is 15.1. The standard InChI is InChI=1S/C33H43F5O2/c1-2-3-4-5-24-6-8-25(9-7-24)10-11-26-12-14-27(15-13-26)28-16-18-29(19-17-28)32(34,35)39-30-20-22-31(23-21-30)40-33(36,37)38/h16-27H,2-15H2,1H3. The van der Waals surface area contributed by atoms with Crippen molar-refractivity contribution in [3.05, 3.63) is 59.7 Å². The summed E-state index contributed by atoms with van der Waals surface area (Å²) in [5, 5.41) is 0. The summed E-state index contributed by atoms with van der Waals surface area (Å²) in [5.74, 6) is 2.29. The van der Waals surface area contributed by atoms with E-state index in [1.807, 2.05) is 0 Å². The van der Waals surface area contributed by atoms with Crippen molar-refractivity contribution < 1.29 is 31.4 Å². The Kier molecular flexibility index (Phi) is 10.8. The van der Waals surface area contributed by atoms with Gasteiger partial charge in [0.15, 0.2) is 0 Å². The molecule has 2 aromatic rings. The lowest BCUT2D eigenvalue weighted by atomic mass is 9.74. The molecule has 2 nitrogen and oxygen atoms in total. The Bertz CT molecular complexity index is 1000. The molecule has 0 N–H and O–H groups in total. The fourth-order valence-electron chi connectivity index (χ4n) is 6.61. The van der Waals surface area contributed by atoms with Gasteiger partial charge in [0, 0.05) is 0 Å². The SMILES string of the molecule is CCCCCC1CCC(CCC2CCC(c3ccc(C(F)(F)Oc4ccc(OC(F)(F)F)cc4)cc3)CC2)CC1. The second kappa shape index (κ2) is 14.0. The van der Waals surface area contributed by atoms with Crippen molar-refractivity contribution in [2.45, 2.75) is 115 Å². The van der Waals surface area contributed by atoms with Crippen molar-refractivity contribution in [2.24, 2.45) is 17.8 Å². The summed E-state index contributed by atoms with van der Waals surface area (Å²) in [6.07, 6.45) is 9.96. The van der Waals surface area contributed by atoms with Crippen LogP contribution in [0.1, 0.15) is 114 Å². The van der Waals surface area contributed by atoms with E-state index in [2.05, 4.69) is 11.7 Å². The number of alkyl halides is 5. The molecule has 0 heterocycles. The Morgan fingerprint density at radius 3 is 1.57 bits per heavy atom. The van der Waals surface area contributed by atoms with Crippen LogP contribution < -0.4 is 9.47 Å². The van der Waals surface area contributed by atoms with E-state index in [9.17, 15) is 22.0 Å². The van der Waals surface area contributed by atoms with E-state index in [-0.39, 0.29) is 11.3 Å². The van der Waals surface area contributed by atoms with Gasteiger partial charge in [-0.05, 0) is 91.3 Å². The minimum atomic E-state index is -4.85. The van der Waals surface area contributed by atoms with E-state index >= 15 is 0 Å². The maximum Gasteiger partial charge on any atom is 0.573 e. The Morgan fingerprint density at radius 1 is 0.600 bits per heavy atom. The third-order valence-corrected chi connectivity index (χ3v) is 9.03. The summed E-state index contributed by atoms with van der Waals surface area (Å²) in [4.78, 5) is 0. The van der Waals surface area contributed by atoms with Crippen molar-refractivity contribution in [1.29, 1.82) is 0 Å². The molecule has 0 atom stereocenters. The van der Waals surface area contributed by atoms with Crippen LogP contribution in [0.3, 0.4) is 0 Å². The van der Waals surface area contributed by atoms with Gasteiger partial charge in [0.05, 0.1) is 5.56 Å². The van der Waals surface area contributed by atoms with Gasteiger partial charge in [0.25, 0.3) is 0 Å². The maximum absolute atomic E-state index is 14.7. The van der Waals surface area contributed by atoms with Gasteiger partial charge < -0.3 is 9.47 Å². The normalized spacial score (nSPS) is 24.1. The van der Waals surface area contributed by atoms with E-state index in [0.29, 0.717) is 5.92 Å². The zero-order chi connectivity index (χ0) is 28.6. The topological polar surface area (TPSA) is 18.5 Å². The summed E-state index contributed by atoms with van der Waals surface area (Å²) in [6, 6.07) is 10.2. The molecule has 4 rings (SSSR count). The molecule has 0 aliphatic heterocycles. The maximum atomic E-state index is 14.7. The highest BCUT2D eigenvalue weighted by molar-refractivity contribution is 5.33. The third kappa shape index (κ3) is 9.37. The molecule has 2 aliphatic carbocycles. The van der Waals surface area contributed by atoms with Crippen LogP contribution >= 0.6 is 0 Å². The lowest BCUT2D eigenvalue weighted by Gasteiger charge is -2.32. The lowest BCUT2D eigenvalue weighted by molar-refractivity contribution is -0.274. The molecule has 40 heavy (non-hydrogen) atoms. The van der Waals surface area contributed by atoms with Crippen LogP contribution in [0.15, 0.2) is 48.5 Å². The first kappa shape index (κ1) is 30.6. The van der Waals surface area contributed by atoms with Crippen LogP contribution in [0.5, 0.6) is 11.5 Å². The van der Waals surface area contributed by atoms with Gasteiger partial charge in [-0.3, -0.25) is 0 Å². The Labute approximate surface area is 235 Å². The summed E-state index contributed by atoms with van der Waals surface area (Å²) in [7, 11) is 0. The van der Waals surface area contributed by atoms with Gasteiger partial charge >= 0.3 is 12.5 Å². The average molecular weight is 567 g/mol. The molecule has 0 spiro atoms. The number of hydrogen-bond donors (Lipinski definition) is 0. The van der Waals surface area contributed by atoms with Crippen LogP contribution in [0.25, 0.3) is 0 Å². The van der Waals surface area contributed by atoms with Gasteiger partial charge in [-0.25, -0.2) is 0 Å². The van der Waals surface area contributed by atoms with Gasteiger partial charge in [-0.1, -0.05) is 83.3 Å². The molecular formula is C33H43F5O2. The molecule has 0 saturated heterocycles. The fraction of sp³-hybridized carbons (Fsp3) is 0.636. The molecule has 0 bridgehead atoms. The number of ether oxygens (including phenoxy) is 2. The second-order valence-electron chi connectivity index (χ2n) is 11.9. The van der Waals surface area contributed by atoms with Crippen LogP contribution in [-0.2, 0) is 6.11 Å². The Morgan fingerprint density at radius 2 is 1.07 bits per heavy atom. The number of rotatable bonds is 12. The van der Waals surface area contributed by atoms with Crippen LogP contribution in [0.4, 0.5) is 22.0 Å². The Hall–Kier alpha value is -2.31. The van der Waals surface area contributed by atoms with Crippen molar-refractivity contribution >= 4 is 0 Å². The highest BCUT2D eigenvalue weighted by Crippen LogP contribution is 2.41. The zero-order valence-corrected chi connectivity index (χ0v) is 23.5. The predicted molar refractivity (Wildman–Crippen MR) is 148 cm³/mol. The summed E-state index contributed by atoms with van der Waals surface area (Å²) in [6.45, 7) is 2.27. The van der Waals surface area contributed by atoms with Crippen LogP contribution in [-0.4, -0.2) is 6.36 Å². The monoisotopic (exact) mass is 566 g/mol. The lowest BCUT2D eigenvalue weighted by Crippen LogP contribution is -2.22. The predicted octanol–water partition coefficient (Wildman–Crippen LogP) is 11.2. The van der Waals surface area contributed by atoms with Crippen molar-refractivity contribution in [3.63, 3.8) is 0 Å². The number of unbranched alkanes of at least 4 members (excludes halogenated alkanes) is 2. The molecule has 0 aromatic heterocycles. The molecule has 0 amide bonds. The average Bonchev–Trinajstić information content (AvgIpc) is 2.93. The van der Waals surface area contributed by atoms with Crippen LogP contribution in [0, 0.1) is 17.8 Å². The van der Waals surface area contributed by atoms with Gasteiger partial charge in [-0.2, -0.15) is 8.78 Å². The molecule has 7 heteroatoms. The van der Waals surface area contributed by atoms with Crippen molar-refractivity contribution in [3.8, 4) is 11.5 Å². The molecule has 2 saturated carbocycles. The summed E-state index contributed by atoms with van der Waals surface area (Å²) in [5.41, 5.74) is 0.786. The van der Waals surface area contributed by atoms with Crippen LogP contribution in [0.2, 0.25) is 0 Å². The fourth-order valence-corrected chi connectivity index (χ4v) is 6.61. The Balaban J connectivity index is 1.19. The van der Waals surface area contributed by atoms with E-state index in [4.69, 9.17) is 4.74 Å². The molecule has 0 radical (unpaired) electrons. The molecular weight excluding hydrogens is 523 g/mol. The first-order valence-electron chi connectivity index (χ1n) is 15.1. The summed E-state index contributed by atoms with van der Waals surface area (Å²) < 4.78 is 74.9. The number of benzene rings is 2. The van der Waals surface area contributed by atoms with Gasteiger partial charge in [-0.15, -0.1) is 13.2 Å². The molecule has 222 valence electrons. The molecule has 0 unspecified atom stereocenters. The van der Waals surface area contributed by atoms with E-state index in [0.717, 1.165) is 60.4 Å². The van der Waals surface area contributed by atoms with Gasteiger partial charge in [0.1, 0.15) is 11.5 Å². The number of hydrogen-bond acceptors (Lipinski definition) is 2. The largest absolute Gasteiger partial charge is 0.573 e. The van der Waals surface area contributed by atoms with E-state index < -0.39 is 18.2 Å². The van der Waals surface area contributed by atoms with Crippen molar-refractivity contribution in [1.82, 2.24) is 0 Å². The highest BCUT2D eigenvalue weighted by Gasteiger charge is 2.35.